The second-order valence-electron chi connectivity index (χ2n) is 8.86. The summed E-state index contributed by atoms with van der Waals surface area (Å²) < 4.78 is 0. The highest BCUT2D eigenvalue weighted by molar-refractivity contribution is 6.35. The van der Waals surface area contributed by atoms with Crippen LogP contribution in [0.1, 0.15) is 38.3 Å². The Bertz CT molecular complexity index is 1120. The lowest BCUT2D eigenvalue weighted by molar-refractivity contribution is -0.137. The van der Waals surface area contributed by atoms with Crippen molar-refractivity contribution in [3.8, 4) is 0 Å². The van der Waals surface area contributed by atoms with Crippen molar-refractivity contribution in [3.05, 3.63) is 45.0 Å². The summed E-state index contributed by atoms with van der Waals surface area (Å²) in [7, 11) is 0. The monoisotopic (exact) mass is 540 g/mol. The van der Waals surface area contributed by atoms with Crippen LogP contribution in [0.2, 0.25) is 15.1 Å². The predicted molar refractivity (Wildman–Crippen MR) is 137 cm³/mol. The number of amides is 2. The number of hydrogen-bond acceptors (Lipinski definition) is 6. The zero-order chi connectivity index (χ0) is 25.3. The Morgan fingerprint density at radius 1 is 1.14 bits per heavy atom. The number of nitrogens with zero attached hydrogens (tertiary/aromatic N) is 5. The first-order valence-corrected chi connectivity index (χ1v) is 12.6. The summed E-state index contributed by atoms with van der Waals surface area (Å²) >= 11 is 18.7. The fourth-order valence-electron chi connectivity index (χ4n) is 4.66. The third-order valence-electron chi connectivity index (χ3n) is 6.49. The molecule has 0 radical (unpaired) electrons. The van der Waals surface area contributed by atoms with Gasteiger partial charge in [0, 0.05) is 42.3 Å². The van der Waals surface area contributed by atoms with Gasteiger partial charge in [-0.3, -0.25) is 9.69 Å². The number of halogens is 3. The van der Waals surface area contributed by atoms with Crippen molar-refractivity contribution in [1.82, 2.24) is 19.8 Å². The van der Waals surface area contributed by atoms with Crippen molar-refractivity contribution >= 4 is 58.6 Å². The van der Waals surface area contributed by atoms with Crippen LogP contribution >= 0.6 is 34.8 Å². The van der Waals surface area contributed by atoms with Gasteiger partial charge in [-0.1, -0.05) is 40.9 Å². The van der Waals surface area contributed by atoms with Gasteiger partial charge < -0.3 is 20.2 Å². The van der Waals surface area contributed by atoms with Crippen molar-refractivity contribution in [2.45, 2.75) is 44.8 Å². The third-order valence-corrected chi connectivity index (χ3v) is 7.33. The van der Waals surface area contributed by atoms with E-state index in [1.165, 1.54) is 4.90 Å². The molecule has 12 heteroatoms. The van der Waals surface area contributed by atoms with Crippen molar-refractivity contribution in [2.75, 3.05) is 36.4 Å². The van der Waals surface area contributed by atoms with Crippen molar-refractivity contribution in [2.24, 2.45) is 0 Å². The largest absolute Gasteiger partial charge is 0.465 e. The van der Waals surface area contributed by atoms with E-state index in [1.807, 2.05) is 24.8 Å². The quantitative estimate of drug-likeness (QED) is 0.561. The van der Waals surface area contributed by atoms with Gasteiger partial charge in [0.15, 0.2) is 5.82 Å². The molecule has 1 unspecified atom stereocenters. The molecule has 3 heterocycles. The highest BCUT2D eigenvalue weighted by atomic mass is 35.5. The van der Waals surface area contributed by atoms with Gasteiger partial charge in [0.05, 0.1) is 12.2 Å². The van der Waals surface area contributed by atoms with E-state index in [1.54, 1.807) is 23.2 Å². The number of carbonyl (C=O) groups excluding carboxylic acids is 1. The summed E-state index contributed by atoms with van der Waals surface area (Å²) in [5, 5.41) is 14.2. The number of benzene rings is 1. The van der Waals surface area contributed by atoms with Crippen LogP contribution in [0.25, 0.3) is 0 Å². The Labute approximate surface area is 219 Å². The fourth-order valence-corrected chi connectivity index (χ4v) is 5.38. The van der Waals surface area contributed by atoms with Crippen LogP contribution in [0.15, 0.2) is 24.4 Å². The maximum Gasteiger partial charge on any atom is 0.407 e. The molecule has 35 heavy (non-hydrogen) atoms. The molecule has 2 aromatic rings. The number of hydrogen-bond donors (Lipinski definition) is 2. The molecule has 0 bridgehead atoms. The smallest absolute Gasteiger partial charge is 0.407 e. The van der Waals surface area contributed by atoms with Gasteiger partial charge in [-0.15, -0.1) is 0 Å². The van der Waals surface area contributed by atoms with Gasteiger partial charge in [0.2, 0.25) is 11.9 Å². The number of carbonyl (C=O) groups is 2. The van der Waals surface area contributed by atoms with Crippen LogP contribution in [-0.2, 0) is 4.79 Å². The summed E-state index contributed by atoms with van der Waals surface area (Å²) in [5.74, 6) is 0.841. The molecule has 4 rings (SSSR count). The Balaban J connectivity index is 1.44. The Morgan fingerprint density at radius 3 is 2.60 bits per heavy atom. The van der Waals surface area contributed by atoms with Crippen LogP contribution < -0.4 is 10.2 Å². The Morgan fingerprint density at radius 2 is 1.91 bits per heavy atom. The lowest BCUT2D eigenvalue weighted by Crippen LogP contribution is -2.58. The average molecular weight is 542 g/mol. The van der Waals surface area contributed by atoms with E-state index in [0.717, 1.165) is 5.56 Å². The van der Waals surface area contributed by atoms with Crippen LogP contribution in [-0.4, -0.2) is 75.1 Å². The van der Waals surface area contributed by atoms with E-state index in [9.17, 15) is 14.7 Å². The van der Waals surface area contributed by atoms with E-state index in [-0.39, 0.29) is 18.0 Å². The Kier molecular flexibility index (Phi) is 7.78. The first-order chi connectivity index (χ1) is 16.7. The minimum absolute atomic E-state index is 0.130. The molecule has 3 atom stereocenters. The summed E-state index contributed by atoms with van der Waals surface area (Å²) in [6.45, 7) is 5.79. The molecule has 2 amide bonds. The predicted octanol–water partition coefficient (Wildman–Crippen LogP) is 4.79. The lowest BCUT2D eigenvalue weighted by atomic mass is 10.1. The molecule has 2 saturated heterocycles. The first kappa shape index (κ1) is 25.6. The van der Waals surface area contributed by atoms with Gasteiger partial charge in [-0.25, -0.2) is 9.78 Å². The maximum atomic E-state index is 13.1. The second-order valence-corrected chi connectivity index (χ2v) is 10.1. The van der Waals surface area contributed by atoms with E-state index >= 15 is 0 Å². The normalized spacial score (nSPS) is 21.2. The molecule has 0 saturated carbocycles. The summed E-state index contributed by atoms with van der Waals surface area (Å²) in [6.07, 6.45) is 1.76. The van der Waals surface area contributed by atoms with Gasteiger partial charge in [-0.2, -0.15) is 4.98 Å². The lowest BCUT2D eigenvalue weighted by Gasteiger charge is -2.41. The third kappa shape index (κ3) is 5.52. The van der Waals surface area contributed by atoms with Gasteiger partial charge in [0.1, 0.15) is 11.1 Å². The first-order valence-electron chi connectivity index (χ1n) is 11.4. The molecular weight excluding hydrogens is 515 g/mol. The topological polar surface area (TPSA) is 102 Å². The van der Waals surface area contributed by atoms with Crippen LogP contribution in [0.4, 0.5) is 16.6 Å². The molecule has 188 valence electrons. The second kappa shape index (κ2) is 10.6. The molecular formula is C23H27Cl3N6O3. The van der Waals surface area contributed by atoms with Crippen LogP contribution in [0, 0.1) is 0 Å². The number of nitrogens with one attached hydrogen (secondary N) is 1. The SMILES string of the molecule is CC(Nc1nc(N2CCN(C(=O)[C@H]3CCCN3C(=O)O)[C@H](C)C2)ncc1Cl)c1ccc(Cl)cc1Cl. The molecule has 1 aromatic carbocycles. The number of carboxylic acid groups (broad SMARTS) is 1. The summed E-state index contributed by atoms with van der Waals surface area (Å²) in [4.78, 5) is 38.6. The number of piperazine rings is 1. The molecule has 2 fully saturated rings. The number of anilines is 2. The van der Waals surface area contributed by atoms with E-state index < -0.39 is 12.1 Å². The highest BCUT2D eigenvalue weighted by Gasteiger charge is 2.39. The van der Waals surface area contributed by atoms with Crippen molar-refractivity contribution in [3.63, 3.8) is 0 Å². The van der Waals surface area contributed by atoms with Crippen molar-refractivity contribution < 1.29 is 14.7 Å². The number of aromatic nitrogens is 2. The fraction of sp³-hybridized carbons (Fsp3) is 0.478. The zero-order valence-electron chi connectivity index (χ0n) is 19.4. The zero-order valence-corrected chi connectivity index (χ0v) is 21.7. The van der Waals surface area contributed by atoms with Gasteiger partial charge in [-0.05, 0) is 44.4 Å². The minimum atomic E-state index is -1.05. The number of likely N-dealkylation sites (tertiary alicyclic amines) is 1. The number of rotatable bonds is 5. The van der Waals surface area contributed by atoms with E-state index in [4.69, 9.17) is 34.8 Å². The molecule has 1 aromatic heterocycles. The highest BCUT2D eigenvalue weighted by Crippen LogP contribution is 2.31. The standard InChI is InChI=1S/C23H27Cl3N6O3/c1-13-12-30(8-9-31(13)21(33)19-4-3-7-32(19)23(34)35)22-27-11-18(26)20(29-22)28-14(2)16-6-5-15(24)10-17(16)25/h5-6,10-11,13-14,19H,3-4,7-9,12H2,1-2H3,(H,34,35)(H,27,28,29)/t13-,14?,19-/m1/s1. The van der Waals surface area contributed by atoms with Gasteiger partial charge >= 0.3 is 6.09 Å². The molecule has 2 aliphatic heterocycles. The van der Waals surface area contributed by atoms with E-state index in [2.05, 4.69) is 15.3 Å². The summed E-state index contributed by atoms with van der Waals surface area (Å²) in [6, 6.07) is 4.40. The molecule has 9 nitrogen and oxygen atoms in total. The molecule has 2 N–H and O–H groups in total. The van der Waals surface area contributed by atoms with Crippen LogP contribution in [0.5, 0.6) is 0 Å². The maximum absolute atomic E-state index is 13.1. The Hall–Kier alpha value is -2.49. The minimum Gasteiger partial charge on any atom is -0.465 e. The average Bonchev–Trinajstić information content (AvgIpc) is 3.30. The summed E-state index contributed by atoms with van der Waals surface area (Å²) in [5.41, 5.74) is 0.857. The molecule has 2 aliphatic rings. The molecule has 0 spiro atoms. The van der Waals surface area contributed by atoms with Gasteiger partial charge in [0.25, 0.3) is 0 Å². The molecule has 0 aliphatic carbocycles. The van der Waals surface area contributed by atoms with Crippen molar-refractivity contribution in [1.29, 1.82) is 0 Å². The van der Waals surface area contributed by atoms with Crippen LogP contribution in [0.3, 0.4) is 0 Å². The van der Waals surface area contributed by atoms with E-state index in [0.29, 0.717) is 65.9 Å².